The van der Waals surface area contributed by atoms with E-state index in [1.807, 2.05) is 31.2 Å². The first-order valence-corrected chi connectivity index (χ1v) is 12.2. The Morgan fingerprint density at radius 3 is 2.78 bits per heavy atom. The van der Waals surface area contributed by atoms with E-state index in [4.69, 9.17) is 5.73 Å². The lowest BCUT2D eigenvalue weighted by Gasteiger charge is -2.42. The topological polar surface area (TPSA) is 133 Å². The highest BCUT2D eigenvalue weighted by Gasteiger charge is 2.36. The van der Waals surface area contributed by atoms with Crippen LogP contribution in [-0.4, -0.2) is 68.1 Å². The molecule has 4 N–H and O–H groups in total. The summed E-state index contributed by atoms with van der Waals surface area (Å²) >= 11 is 0. The summed E-state index contributed by atoms with van der Waals surface area (Å²) in [5.41, 5.74) is 8.62. The summed E-state index contributed by atoms with van der Waals surface area (Å²) < 4.78 is 0. The van der Waals surface area contributed by atoms with Crippen LogP contribution in [0.5, 0.6) is 0 Å². The lowest BCUT2D eigenvalue weighted by Crippen LogP contribution is -2.54. The zero-order valence-corrected chi connectivity index (χ0v) is 20.9. The van der Waals surface area contributed by atoms with Crippen molar-refractivity contribution in [2.75, 3.05) is 42.6 Å². The maximum absolute atomic E-state index is 13.2. The Morgan fingerprint density at radius 1 is 1.19 bits per heavy atom. The van der Waals surface area contributed by atoms with Gasteiger partial charge in [-0.3, -0.25) is 14.8 Å². The predicted octanol–water partition coefficient (Wildman–Crippen LogP) is 3.16. The number of aromatic nitrogens is 4. The molecular formula is C27H30N8O2. The Balaban J connectivity index is 1.25. The maximum Gasteiger partial charge on any atom is 0.253 e. The van der Waals surface area contributed by atoms with Gasteiger partial charge in [0.25, 0.3) is 5.91 Å². The monoisotopic (exact) mass is 498 g/mol. The first kappa shape index (κ1) is 24.4. The molecule has 1 fully saturated rings. The number of nitrogens with two attached hydrogens (primary N) is 1. The molecule has 1 atom stereocenters. The molecule has 4 heterocycles. The number of nitrogens with one attached hydrogen (secondary N) is 1. The van der Waals surface area contributed by atoms with Crippen LogP contribution in [0.15, 0.2) is 61.1 Å². The van der Waals surface area contributed by atoms with E-state index in [-0.39, 0.29) is 18.4 Å². The van der Waals surface area contributed by atoms with E-state index < -0.39 is 5.60 Å². The number of fused-ring (bicyclic) bond motifs is 1. The highest BCUT2D eigenvalue weighted by molar-refractivity contribution is 5.94. The maximum atomic E-state index is 13.2. The van der Waals surface area contributed by atoms with Crippen LogP contribution in [0.25, 0.3) is 10.9 Å². The fourth-order valence-electron chi connectivity index (χ4n) is 4.93. The van der Waals surface area contributed by atoms with E-state index in [0.717, 1.165) is 40.9 Å². The highest BCUT2D eigenvalue weighted by Crippen LogP contribution is 2.31. The molecule has 37 heavy (non-hydrogen) atoms. The van der Waals surface area contributed by atoms with Crippen LogP contribution in [0, 0.1) is 6.92 Å². The van der Waals surface area contributed by atoms with E-state index in [1.54, 1.807) is 48.7 Å². The summed E-state index contributed by atoms with van der Waals surface area (Å²) in [6, 6.07) is 12.8. The smallest absolute Gasteiger partial charge is 0.253 e. The first-order valence-electron chi connectivity index (χ1n) is 12.2. The number of anilines is 4. The highest BCUT2D eigenvalue weighted by atomic mass is 16.3. The number of β-amino-alcohol motifs (C(OH)–C–C–N with tert-alkyl or cyclic N) is 1. The molecular weight excluding hydrogens is 468 g/mol. The Kier molecular flexibility index (Phi) is 6.58. The van der Waals surface area contributed by atoms with E-state index in [0.29, 0.717) is 24.3 Å². The zero-order chi connectivity index (χ0) is 26.0. The number of carbonyl (C=O) groups excluding carboxylic acids is 1. The van der Waals surface area contributed by atoms with Gasteiger partial charge in [-0.05, 0) is 56.2 Å². The number of hydrogen-bond acceptors (Lipinski definition) is 9. The van der Waals surface area contributed by atoms with Gasteiger partial charge in [-0.2, -0.15) is 4.98 Å². The molecule has 1 aliphatic rings. The number of nitrogens with zero attached hydrogens (tertiary/aromatic N) is 6. The second kappa shape index (κ2) is 9.98. The summed E-state index contributed by atoms with van der Waals surface area (Å²) in [4.78, 5) is 33.8. The number of carbonyl (C=O) groups is 1. The van der Waals surface area contributed by atoms with Crippen molar-refractivity contribution < 1.29 is 9.90 Å². The minimum atomic E-state index is -1.03. The van der Waals surface area contributed by atoms with E-state index >= 15 is 0 Å². The fourth-order valence-corrected chi connectivity index (χ4v) is 4.93. The van der Waals surface area contributed by atoms with Crippen molar-refractivity contribution in [2.24, 2.45) is 0 Å². The fraction of sp³-hybridized carbons (Fsp3) is 0.296. The third kappa shape index (κ3) is 5.44. The van der Waals surface area contributed by atoms with Crippen LogP contribution in [0.4, 0.5) is 23.1 Å². The van der Waals surface area contributed by atoms with Crippen LogP contribution in [0.1, 0.15) is 28.9 Å². The Labute approximate surface area is 215 Å². The number of aryl methyl sites for hydroxylation is 1. The van der Waals surface area contributed by atoms with E-state index in [9.17, 15) is 9.90 Å². The number of amides is 1. The van der Waals surface area contributed by atoms with Gasteiger partial charge in [0.05, 0.1) is 17.7 Å². The van der Waals surface area contributed by atoms with Gasteiger partial charge in [0, 0.05) is 72.8 Å². The summed E-state index contributed by atoms with van der Waals surface area (Å²) in [6.45, 7) is 3.31. The third-order valence-corrected chi connectivity index (χ3v) is 6.57. The van der Waals surface area contributed by atoms with Gasteiger partial charge in [0.1, 0.15) is 5.82 Å². The molecule has 0 aliphatic carbocycles. The number of aliphatic hydroxyl groups is 1. The molecule has 4 aromatic rings. The average molecular weight is 499 g/mol. The quantitative estimate of drug-likeness (QED) is 0.366. The predicted molar refractivity (Wildman–Crippen MR) is 144 cm³/mol. The Bertz CT molecular complexity index is 1400. The van der Waals surface area contributed by atoms with Crippen molar-refractivity contribution in [3.8, 4) is 0 Å². The van der Waals surface area contributed by atoms with Gasteiger partial charge >= 0.3 is 0 Å². The van der Waals surface area contributed by atoms with Crippen molar-refractivity contribution in [2.45, 2.75) is 25.4 Å². The largest absolute Gasteiger partial charge is 0.386 e. The van der Waals surface area contributed by atoms with Crippen LogP contribution >= 0.6 is 0 Å². The van der Waals surface area contributed by atoms with Crippen molar-refractivity contribution in [1.29, 1.82) is 0 Å². The Morgan fingerprint density at radius 2 is 2.00 bits per heavy atom. The van der Waals surface area contributed by atoms with Crippen molar-refractivity contribution in [3.63, 3.8) is 0 Å². The molecule has 1 amide bonds. The minimum Gasteiger partial charge on any atom is -0.386 e. The lowest BCUT2D eigenvalue weighted by molar-refractivity contribution is 0.0000685. The van der Waals surface area contributed by atoms with Crippen LogP contribution in [0.2, 0.25) is 0 Å². The SMILES string of the molecule is Cc1cc(Nc2ccc(C(=O)N(C)C[C@@]3(O)CCCN(c4ccnc5ccncc45)C3)cc2)nc(N)n1. The summed E-state index contributed by atoms with van der Waals surface area (Å²) in [6.07, 6.45) is 6.74. The Hall–Kier alpha value is -4.31. The normalized spacial score (nSPS) is 17.5. The molecule has 0 unspecified atom stereocenters. The van der Waals surface area contributed by atoms with Gasteiger partial charge in [-0.1, -0.05) is 0 Å². The van der Waals surface area contributed by atoms with Crippen molar-refractivity contribution >= 4 is 40.0 Å². The molecule has 5 rings (SSSR count). The molecule has 10 nitrogen and oxygen atoms in total. The molecule has 1 aliphatic heterocycles. The van der Waals surface area contributed by atoms with E-state index in [2.05, 4.69) is 30.2 Å². The molecule has 0 bridgehead atoms. The molecule has 0 saturated carbocycles. The molecule has 1 saturated heterocycles. The summed E-state index contributed by atoms with van der Waals surface area (Å²) in [5.74, 6) is 0.629. The number of likely N-dealkylation sites (N-methyl/N-ethyl adjacent to an activating group) is 1. The molecule has 190 valence electrons. The van der Waals surface area contributed by atoms with Gasteiger partial charge in [0.15, 0.2) is 0 Å². The summed E-state index contributed by atoms with van der Waals surface area (Å²) in [7, 11) is 1.73. The number of nitrogen functional groups attached to an aromatic ring is 1. The van der Waals surface area contributed by atoms with E-state index in [1.165, 1.54) is 0 Å². The van der Waals surface area contributed by atoms with Gasteiger partial charge < -0.3 is 26.0 Å². The number of rotatable bonds is 6. The second-order valence-corrected chi connectivity index (χ2v) is 9.59. The van der Waals surface area contributed by atoms with Crippen LogP contribution in [-0.2, 0) is 0 Å². The van der Waals surface area contributed by atoms with Gasteiger partial charge in [-0.25, -0.2) is 4.98 Å². The van der Waals surface area contributed by atoms with Crippen LogP contribution in [0.3, 0.4) is 0 Å². The molecule has 1 aromatic carbocycles. The second-order valence-electron chi connectivity index (χ2n) is 9.59. The third-order valence-electron chi connectivity index (χ3n) is 6.57. The lowest BCUT2D eigenvalue weighted by atomic mass is 9.91. The first-order chi connectivity index (χ1) is 17.8. The van der Waals surface area contributed by atoms with Crippen LogP contribution < -0.4 is 16.0 Å². The summed E-state index contributed by atoms with van der Waals surface area (Å²) in [5, 5.41) is 15.6. The van der Waals surface area contributed by atoms with Gasteiger partial charge in [0.2, 0.25) is 5.95 Å². The molecule has 0 spiro atoms. The average Bonchev–Trinajstić information content (AvgIpc) is 2.87. The number of hydrogen-bond donors (Lipinski definition) is 3. The standard InChI is InChI=1S/C27H30N8O2/c1-18-14-24(33-26(28)31-18)32-20-6-4-19(5-7-20)25(36)34(2)16-27(37)10-3-13-35(17-27)23-9-12-30-22-8-11-29-15-21(22)23/h4-9,11-12,14-15,37H,3,10,13,16-17H2,1-2H3,(H3,28,31,32,33)/t27-/m0/s1. The van der Waals surface area contributed by atoms with Gasteiger partial charge in [-0.15, -0.1) is 0 Å². The number of pyridine rings is 2. The van der Waals surface area contributed by atoms with Crippen molar-refractivity contribution in [3.05, 3.63) is 72.3 Å². The molecule has 0 radical (unpaired) electrons. The van der Waals surface area contributed by atoms with Crippen molar-refractivity contribution in [1.82, 2.24) is 24.8 Å². The molecule has 3 aromatic heterocycles. The number of benzene rings is 1. The minimum absolute atomic E-state index is 0.155. The number of piperidine rings is 1. The molecule has 10 heteroatoms. The zero-order valence-electron chi connectivity index (χ0n) is 20.9.